The topological polar surface area (TPSA) is 58.4 Å². The van der Waals surface area contributed by atoms with Crippen LogP contribution in [0.2, 0.25) is 0 Å². The number of alkyl halides is 3. The third-order valence-electron chi connectivity index (χ3n) is 5.10. The van der Waals surface area contributed by atoms with Crippen LogP contribution >= 0.6 is 0 Å². The Hall–Kier alpha value is -3.07. The molecule has 158 valence electrons. The molecule has 1 atom stereocenters. The lowest BCUT2D eigenvalue weighted by Gasteiger charge is -2.22. The van der Waals surface area contributed by atoms with Gasteiger partial charge in [-0.1, -0.05) is 31.2 Å². The molecule has 0 bridgehead atoms. The largest absolute Gasteiger partial charge is 0.493 e. The number of halogens is 3. The third-order valence-corrected chi connectivity index (χ3v) is 5.10. The number of nitrogens with zero attached hydrogens (tertiary/aromatic N) is 3. The van der Waals surface area contributed by atoms with E-state index in [0.29, 0.717) is 28.3 Å². The quantitative estimate of drug-likeness (QED) is 0.624. The Morgan fingerprint density at radius 3 is 2.57 bits per heavy atom. The molecule has 0 amide bonds. The monoisotopic (exact) mass is 419 g/mol. The molecule has 0 fully saturated rings. The smallest absolute Gasteiger partial charge is 0.452 e. The normalized spacial score (nSPS) is 15.9. The molecule has 3 aromatic rings. The molecule has 1 aliphatic rings. The summed E-state index contributed by atoms with van der Waals surface area (Å²) in [5.41, 5.74) is 2.52. The Morgan fingerprint density at radius 2 is 1.90 bits per heavy atom. The Morgan fingerprint density at radius 1 is 1.10 bits per heavy atom. The van der Waals surface area contributed by atoms with Gasteiger partial charge in [0.05, 0.1) is 19.9 Å². The highest BCUT2D eigenvalue weighted by Crippen LogP contribution is 2.43. The molecule has 9 heteroatoms. The number of benzene rings is 2. The van der Waals surface area contributed by atoms with E-state index < -0.39 is 18.1 Å². The number of methoxy groups -OCH3 is 2. The molecule has 2 aromatic carbocycles. The zero-order valence-electron chi connectivity index (χ0n) is 16.7. The second kappa shape index (κ2) is 7.64. The Bertz CT molecular complexity index is 1080. The second-order valence-corrected chi connectivity index (χ2v) is 6.79. The molecule has 0 saturated heterocycles. The van der Waals surface area contributed by atoms with Gasteiger partial charge in [0.25, 0.3) is 0 Å². The van der Waals surface area contributed by atoms with Gasteiger partial charge in [-0.3, -0.25) is 4.57 Å². The zero-order chi connectivity index (χ0) is 21.5. The first kappa shape index (κ1) is 20.2. The van der Waals surface area contributed by atoms with Crippen molar-refractivity contribution in [3.63, 3.8) is 0 Å². The number of aryl methyl sites for hydroxylation is 1. The third kappa shape index (κ3) is 3.28. The molecule has 0 radical (unpaired) electrons. The van der Waals surface area contributed by atoms with Crippen molar-refractivity contribution in [3.05, 3.63) is 64.7 Å². The highest BCUT2D eigenvalue weighted by molar-refractivity contribution is 5.55. The molecule has 4 rings (SSSR count). The molecule has 2 heterocycles. The minimum Gasteiger partial charge on any atom is -0.493 e. The van der Waals surface area contributed by atoms with Crippen molar-refractivity contribution in [2.75, 3.05) is 14.2 Å². The van der Waals surface area contributed by atoms with Gasteiger partial charge in [-0.05, 0) is 24.1 Å². The summed E-state index contributed by atoms with van der Waals surface area (Å²) in [6, 6.07) is 10.7. The molecule has 0 aliphatic carbocycles. The van der Waals surface area contributed by atoms with Crippen molar-refractivity contribution in [1.82, 2.24) is 14.8 Å². The lowest BCUT2D eigenvalue weighted by molar-refractivity contribution is -0.146. The van der Waals surface area contributed by atoms with Crippen LogP contribution in [0.3, 0.4) is 0 Å². The van der Waals surface area contributed by atoms with Gasteiger partial charge in [-0.25, -0.2) is 0 Å². The van der Waals surface area contributed by atoms with E-state index in [9.17, 15) is 13.2 Å². The van der Waals surface area contributed by atoms with Gasteiger partial charge in [0.2, 0.25) is 5.82 Å². The number of fused-ring (bicyclic) bond motifs is 3. The van der Waals surface area contributed by atoms with E-state index in [1.807, 2.05) is 19.1 Å². The average molecular weight is 419 g/mol. The van der Waals surface area contributed by atoms with Crippen molar-refractivity contribution in [3.8, 4) is 17.2 Å². The van der Waals surface area contributed by atoms with Gasteiger partial charge >= 0.3 is 6.18 Å². The number of hydrogen-bond acceptors (Lipinski definition) is 5. The Kier molecular flexibility index (Phi) is 5.15. The maximum atomic E-state index is 13.6. The van der Waals surface area contributed by atoms with Crippen LogP contribution in [0.5, 0.6) is 11.5 Å². The van der Waals surface area contributed by atoms with Crippen LogP contribution in [0.1, 0.15) is 41.4 Å². The van der Waals surface area contributed by atoms with Crippen LogP contribution in [0.4, 0.5) is 13.2 Å². The predicted molar refractivity (Wildman–Crippen MR) is 102 cm³/mol. The van der Waals surface area contributed by atoms with E-state index in [1.54, 1.807) is 24.3 Å². The molecule has 0 unspecified atom stereocenters. The Labute approximate surface area is 171 Å². The molecule has 0 saturated carbocycles. The van der Waals surface area contributed by atoms with E-state index in [0.717, 1.165) is 16.6 Å². The molecule has 30 heavy (non-hydrogen) atoms. The number of para-hydroxylation sites is 1. The maximum Gasteiger partial charge on any atom is 0.452 e. The highest BCUT2D eigenvalue weighted by atomic mass is 19.4. The minimum absolute atomic E-state index is 0.0807. The van der Waals surface area contributed by atoms with Gasteiger partial charge in [-0.15, -0.1) is 10.2 Å². The van der Waals surface area contributed by atoms with E-state index in [-0.39, 0.29) is 12.4 Å². The van der Waals surface area contributed by atoms with Crippen LogP contribution in [0.25, 0.3) is 5.69 Å². The Balaban J connectivity index is 1.97. The standard InChI is InChI=1S/C21H20F3N3O3/c1-4-12-8-9-15-14(10-12)18(13-6-5-7-16(28-2)19(13)29-3)30-11-17-25-26-20(27(15)17)21(22,23)24/h5-10,18H,4,11H2,1-3H3/t18-/m1/s1. The summed E-state index contributed by atoms with van der Waals surface area (Å²) in [6.07, 6.45) is -4.62. The van der Waals surface area contributed by atoms with Gasteiger partial charge < -0.3 is 14.2 Å². The van der Waals surface area contributed by atoms with Gasteiger partial charge in [0.15, 0.2) is 17.3 Å². The van der Waals surface area contributed by atoms with Crippen LogP contribution in [0.15, 0.2) is 36.4 Å². The zero-order valence-corrected chi connectivity index (χ0v) is 16.7. The highest BCUT2D eigenvalue weighted by Gasteiger charge is 2.41. The van der Waals surface area contributed by atoms with Gasteiger partial charge in [0, 0.05) is 11.1 Å². The van der Waals surface area contributed by atoms with E-state index in [1.165, 1.54) is 14.2 Å². The summed E-state index contributed by atoms with van der Waals surface area (Å²) in [5.74, 6) is -0.0277. The van der Waals surface area contributed by atoms with Crippen molar-refractivity contribution in [2.24, 2.45) is 0 Å². The summed E-state index contributed by atoms with van der Waals surface area (Å²) in [6.45, 7) is 1.83. The minimum atomic E-state index is -4.65. The van der Waals surface area contributed by atoms with Crippen molar-refractivity contribution < 1.29 is 27.4 Å². The molecular weight excluding hydrogens is 399 g/mol. The van der Waals surface area contributed by atoms with E-state index in [2.05, 4.69) is 10.2 Å². The van der Waals surface area contributed by atoms with Crippen molar-refractivity contribution in [2.45, 2.75) is 32.2 Å². The summed E-state index contributed by atoms with van der Waals surface area (Å²) in [7, 11) is 3.04. The first-order chi connectivity index (χ1) is 14.4. The summed E-state index contributed by atoms with van der Waals surface area (Å²) < 4.78 is 58.9. The van der Waals surface area contributed by atoms with Crippen LogP contribution in [0, 0.1) is 0 Å². The van der Waals surface area contributed by atoms with Crippen LogP contribution < -0.4 is 9.47 Å². The van der Waals surface area contributed by atoms with E-state index >= 15 is 0 Å². The summed E-state index contributed by atoms with van der Waals surface area (Å²) in [4.78, 5) is 0. The molecule has 0 spiro atoms. The lowest BCUT2D eigenvalue weighted by Crippen LogP contribution is -2.16. The SMILES string of the molecule is CCc1ccc2c(c1)[C@@H](c1cccc(OC)c1OC)OCc1nnc(C(F)(F)F)n1-2. The summed E-state index contributed by atoms with van der Waals surface area (Å²) >= 11 is 0. The molecular formula is C21H20F3N3O3. The first-order valence-corrected chi connectivity index (χ1v) is 9.36. The molecule has 1 aliphatic heterocycles. The lowest BCUT2D eigenvalue weighted by atomic mass is 9.96. The van der Waals surface area contributed by atoms with Gasteiger partial charge in [0.1, 0.15) is 12.7 Å². The van der Waals surface area contributed by atoms with Crippen molar-refractivity contribution >= 4 is 0 Å². The molecule has 6 nitrogen and oxygen atoms in total. The van der Waals surface area contributed by atoms with E-state index in [4.69, 9.17) is 14.2 Å². The first-order valence-electron chi connectivity index (χ1n) is 9.36. The fourth-order valence-electron chi connectivity index (χ4n) is 3.71. The number of hydrogen-bond donors (Lipinski definition) is 0. The maximum absolute atomic E-state index is 13.6. The average Bonchev–Trinajstić information content (AvgIpc) is 3.11. The molecule has 0 N–H and O–H groups in total. The number of rotatable bonds is 4. The number of aromatic nitrogens is 3. The summed E-state index contributed by atoms with van der Waals surface area (Å²) in [5, 5.41) is 7.12. The fraction of sp³-hybridized carbons (Fsp3) is 0.333. The van der Waals surface area contributed by atoms with Crippen LogP contribution in [-0.2, 0) is 23.9 Å². The number of ether oxygens (including phenoxy) is 3. The second-order valence-electron chi connectivity index (χ2n) is 6.79. The fourth-order valence-corrected chi connectivity index (χ4v) is 3.71. The van der Waals surface area contributed by atoms with Crippen LogP contribution in [-0.4, -0.2) is 29.0 Å². The molecule has 1 aromatic heterocycles. The van der Waals surface area contributed by atoms with Gasteiger partial charge in [-0.2, -0.15) is 13.2 Å². The predicted octanol–water partition coefficient (Wildman–Crippen LogP) is 4.49. The van der Waals surface area contributed by atoms with Crippen molar-refractivity contribution in [1.29, 1.82) is 0 Å².